The molecule has 1 aliphatic heterocycles. The first kappa shape index (κ1) is 19.1. The highest BCUT2D eigenvalue weighted by Gasteiger charge is 2.31. The summed E-state index contributed by atoms with van der Waals surface area (Å²) in [7, 11) is -3.66. The molecule has 7 heteroatoms. The number of rotatable bonds is 5. The maximum absolute atomic E-state index is 13.3. The number of hydrogen-bond acceptors (Lipinski definition) is 5. The van der Waals surface area contributed by atoms with E-state index in [1.165, 1.54) is 4.31 Å². The minimum Gasteiger partial charge on any atom is -0.491 e. The Labute approximate surface area is 174 Å². The van der Waals surface area contributed by atoms with Gasteiger partial charge in [0.05, 0.1) is 11.5 Å². The van der Waals surface area contributed by atoms with Crippen molar-refractivity contribution in [3.63, 3.8) is 0 Å². The Morgan fingerprint density at radius 3 is 2.57 bits per heavy atom. The van der Waals surface area contributed by atoms with Gasteiger partial charge in [0.1, 0.15) is 29.6 Å². The highest BCUT2D eigenvalue weighted by Crippen LogP contribution is 2.31. The molecule has 0 unspecified atom stereocenters. The van der Waals surface area contributed by atoms with Crippen molar-refractivity contribution in [2.75, 3.05) is 26.3 Å². The van der Waals surface area contributed by atoms with Crippen molar-refractivity contribution < 1.29 is 22.3 Å². The van der Waals surface area contributed by atoms with Crippen molar-refractivity contribution in [1.29, 1.82) is 0 Å². The van der Waals surface area contributed by atoms with Crippen LogP contribution in [0.2, 0.25) is 0 Å². The van der Waals surface area contributed by atoms with E-state index in [1.54, 1.807) is 18.2 Å². The van der Waals surface area contributed by atoms with Gasteiger partial charge >= 0.3 is 0 Å². The monoisotopic (exact) mass is 423 g/mol. The van der Waals surface area contributed by atoms with Crippen LogP contribution in [0.5, 0.6) is 5.75 Å². The third kappa shape index (κ3) is 3.56. The van der Waals surface area contributed by atoms with Crippen molar-refractivity contribution in [1.82, 2.24) is 4.31 Å². The molecule has 1 atom stereocenters. The molecule has 1 aromatic heterocycles. The lowest BCUT2D eigenvalue weighted by Gasteiger charge is -2.32. The van der Waals surface area contributed by atoms with E-state index in [0.717, 1.165) is 22.1 Å². The summed E-state index contributed by atoms with van der Waals surface area (Å²) < 4.78 is 45.4. The third-order valence-corrected chi connectivity index (χ3v) is 7.13. The molecule has 0 N–H and O–H groups in total. The predicted molar refractivity (Wildman–Crippen MR) is 114 cm³/mol. The third-order valence-electron chi connectivity index (χ3n) is 5.27. The SMILES string of the molecule is O=S(=O)(c1ccc2oc3ccccc3c2c1)N1CCO[C@@H](COc2ccccc2)C1. The second-order valence-electron chi connectivity index (χ2n) is 7.24. The number of benzene rings is 3. The minimum atomic E-state index is -3.66. The summed E-state index contributed by atoms with van der Waals surface area (Å²) in [6, 6.07) is 22.1. The molecule has 0 aliphatic carbocycles. The summed E-state index contributed by atoms with van der Waals surface area (Å²) in [5, 5.41) is 1.70. The number of hydrogen-bond donors (Lipinski definition) is 0. The van der Waals surface area contributed by atoms with E-state index < -0.39 is 10.0 Å². The second-order valence-corrected chi connectivity index (χ2v) is 9.17. The van der Waals surface area contributed by atoms with Gasteiger partial charge in [-0.15, -0.1) is 0 Å². The van der Waals surface area contributed by atoms with Crippen molar-refractivity contribution in [3.8, 4) is 5.75 Å². The van der Waals surface area contributed by atoms with Crippen LogP contribution in [0.15, 0.2) is 82.1 Å². The average Bonchev–Trinajstić information content (AvgIpc) is 3.16. The van der Waals surface area contributed by atoms with E-state index in [1.807, 2.05) is 54.6 Å². The molecule has 0 radical (unpaired) electrons. The van der Waals surface area contributed by atoms with Gasteiger partial charge in [0.25, 0.3) is 0 Å². The largest absolute Gasteiger partial charge is 0.491 e. The molecule has 4 aromatic rings. The van der Waals surface area contributed by atoms with Crippen LogP contribution in [0.25, 0.3) is 21.9 Å². The normalized spacial score (nSPS) is 18.1. The fraction of sp³-hybridized carbons (Fsp3) is 0.217. The molecule has 0 amide bonds. The lowest BCUT2D eigenvalue weighted by Crippen LogP contribution is -2.47. The molecule has 154 valence electrons. The van der Waals surface area contributed by atoms with E-state index in [9.17, 15) is 8.42 Å². The summed E-state index contributed by atoms with van der Waals surface area (Å²) in [5.74, 6) is 0.735. The zero-order valence-corrected chi connectivity index (χ0v) is 17.0. The molecule has 0 saturated carbocycles. The summed E-state index contributed by atoms with van der Waals surface area (Å²) in [5.41, 5.74) is 1.41. The van der Waals surface area contributed by atoms with Crippen LogP contribution in [-0.4, -0.2) is 45.1 Å². The van der Waals surface area contributed by atoms with Crippen molar-refractivity contribution in [3.05, 3.63) is 72.8 Å². The van der Waals surface area contributed by atoms with Gasteiger partial charge in [-0.05, 0) is 36.4 Å². The number of morpholine rings is 1. The molecular formula is C23H21NO5S. The summed E-state index contributed by atoms with van der Waals surface area (Å²) in [6.45, 7) is 1.19. The zero-order chi connectivity index (χ0) is 20.6. The standard InChI is InChI=1S/C23H21NO5S/c25-30(26,19-10-11-23-21(14-19)20-8-4-5-9-22(20)29-23)24-12-13-27-18(15-24)16-28-17-6-2-1-3-7-17/h1-11,14,18H,12-13,15-16H2/t18-/m1/s1. The Hall–Kier alpha value is -2.87. The van der Waals surface area contributed by atoms with E-state index in [-0.39, 0.29) is 17.5 Å². The summed E-state index contributed by atoms with van der Waals surface area (Å²) in [4.78, 5) is 0.256. The number of ether oxygens (including phenoxy) is 2. The maximum atomic E-state index is 13.3. The number of para-hydroxylation sites is 2. The van der Waals surface area contributed by atoms with Crippen molar-refractivity contribution >= 4 is 32.0 Å². The quantitative estimate of drug-likeness (QED) is 0.484. The summed E-state index contributed by atoms with van der Waals surface area (Å²) >= 11 is 0. The Kier molecular flexibility index (Phi) is 4.94. The van der Waals surface area contributed by atoms with E-state index in [2.05, 4.69) is 0 Å². The molecule has 2 heterocycles. The highest BCUT2D eigenvalue weighted by molar-refractivity contribution is 7.89. The Morgan fingerprint density at radius 1 is 0.933 bits per heavy atom. The molecule has 0 bridgehead atoms. The van der Waals surface area contributed by atoms with Gasteiger partial charge in [-0.1, -0.05) is 36.4 Å². The topological polar surface area (TPSA) is 69.0 Å². The highest BCUT2D eigenvalue weighted by atomic mass is 32.2. The molecular weight excluding hydrogens is 402 g/mol. The average molecular weight is 423 g/mol. The maximum Gasteiger partial charge on any atom is 0.243 e. The van der Waals surface area contributed by atoms with Crippen LogP contribution in [0, 0.1) is 0 Å². The number of nitrogens with zero attached hydrogens (tertiary/aromatic N) is 1. The fourth-order valence-electron chi connectivity index (χ4n) is 3.73. The molecule has 0 spiro atoms. The first-order chi connectivity index (χ1) is 14.6. The molecule has 1 fully saturated rings. The van der Waals surface area contributed by atoms with Gasteiger partial charge in [0, 0.05) is 23.9 Å². The van der Waals surface area contributed by atoms with Gasteiger partial charge in [0.2, 0.25) is 10.0 Å². The van der Waals surface area contributed by atoms with Crippen LogP contribution in [0.1, 0.15) is 0 Å². The fourth-order valence-corrected chi connectivity index (χ4v) is 5.21. The lowest BCUT2D eigenvalue weighted by molar-refractivity contribution is -0.0249. The van der Waals surface area contributed by atoms with E-state index in [4.69, 9.17) is 13.9 Å². The van der Waals surface area contributed by atoms with Gasteiger partial charge in [0.15, 0.2) is 0 Å². The van der Waals surface area contributed by atoms with E-state index in [0.29, 0.717) is 25.3 Å². The molecule has 1 saturated heterocycles. The van der Waals surface area contributed by atoms with Crippen LogP contribution < -0.4 is 4.74 Å². The Morgan fingerprint density at radius 2 is 1.70 bits per heavy atom. The minimum absolute atomic E-state index is 0.249. The van der Waals surface area contributed by atoms with Gasteiger partial charge in [-0.3, -0.25) is 0 Å². The molecule has 6 nitrogen and oxygen atoms in total. The van der Waals surface area contributed by atoms with Crippen LogP contribution in [0.3, 0.4) is 0 Å². The lowest BCUT2D eigenvalue weighted by atomic mass is 10.1. The second kappa shape index (κ2) is 7.75. The number of fused-ring (bicyclic) bond motifs is 3. The summed E-state index contributed by atoms with van der Waals surface area (Å²) in [6.07, 6.45) is -0.327. The molecule has 3 aromatic carbocycles. The van der Waals surface area contributed by atoms with Gasteiger partial charge < -0.3 is 13.9 Å². The predicted octanol–water partition coefficient (Wildman–Crippen LogP) is 4.05. The Bertz CT molecular complexity index is 1280. The molecule has 1 aliphatic rings. The smallest absolute Gasteiger partial charge is 0.243 e. The van der Waals surface area contributed by atoms with Crippen molar-refractivity contribution in [2.24, 2.45) is 0 Å². The molecule has 30 heavy (non-hydrogen) atoms. The first-order valence-corrected chi connectivity index (χ1v) is 11.3. The molecule has 5 rings (SSSR count). The van der Waals surface area contributed by atoms with Gasteiger partial charge in [-0.2, -0.15) is 4.31 Å². The Balaban J connectivity index is 1.38. The number of furan rings is 1. The van der Waals surface area contributed by atoms with Crippen LogP contribution >= 0.6 is 0 Å². The first-order valence-electron chi connectivity index (χ1n) is 9.82. The van der Waals surface area contributed by atoms with Crippen molar-refractivity contribution in [2.45, 2.75) is 11.0 Å². The zero-order valence-electron chi connectivity index (χ0n) is 16.2. The van der Waals surface area contributed by atoms with Crippen LogP contribution in [-0.2, 0) is 14.8 Å². The number of sulfonamides is 1. The van der Waals surface area contributed by atoms with Gasteiger partial charge in [-0.25, -0.2) is 8.42 Å². The van der Waals surface area contributed by atoms with Crippen LogP contribution in [0.4, 0.5) is 0 Å². The van der Waals surface area contributed by atoms with E-state index >= 15 is 0 Å².